The van der Waals surface area contributed by atoms with Crippen molar-refractivity contribution >= 4 is 23.5 Å². The van der Waals surface area contributed by atoms with Crippen LogP contribution in [0.2, 0.25) is 5.02 Å². The number of aliphatic hydroxyl groups excluding tert-OH is 1. The summed E-state index contributed by atoms with van der Waals surface area (Å²) in [5, 5.41) is 26.4. The summed E-state index contributed by atoms with van der Waals surface area (Å²) < 4.78 is 19.4. The summed E-state index contributed by atoms with van der Waals surface area (Å²) in [5.41, 5.74) is 1.23. The van der Waals surface area contributed by atoms with E-state index in [9.17, 15) is 24.2 Å². The minimum atomic E-state index is -1.26. The molecule has 1 amide bonds. The van der Waals surface area contributed by atoms with Crippen LogP contribution in [0, 0.1) is 11.2 Å². The summed E-state index contributed by atoms with van der Waals surface area (Å²) in [6.45, 7) is 3.24. The molecular weight excluding hydrogens is 487 g/mol. The first kappa shape index (κ1) is 27.4. The predicted molar refractivity (Wildman–Crippen MR) is 134 cm³/mol. The Kier molecular flexibility index (Phi) is 9.23. The molecule has 2 aromatic carbocycles. The molecule has 36 heavy (non-hydrogen) atoms. The number of carboxylic acid groups (broad SMARTS) is 1. The lowest BCUT2D eigenvalue weighted by Crippen LogP contribution is -2.43. The highest BCUT2D eigenvalue weighted by Gasteiger charge is 2.36. The number of aliphatic hydroxyl groups is 1. The number of aliphatic carboxylic acids is 1. The summed E-state index contributed by atoms with van der Waals surface area (Å²) in [6, 6.07) is 12.4. The molecule has 9 heteroatoms. The van der Waals surface area contributed by atoms with E-state index in [-0.39, 0.29) is 25.2 Å². The molecule has 1 heterocycles. The van der Waals surface area contributed by atoms with Crippen molar-refractivity contribution in [3.05, 3.63) is 76.4 Å². The molecule has 1 unspecified atom stereocenters. The number of nitrogens with one attached hydrogen (secondary N) is 1. The number of rotatable bonds is 12. The van der Waals surface area contributed by atoms with Crippen LogP contribution in [0.15, 0.2) is 53.1 Å². The fraction of sp³-hybridized carbons (Fsp3) is 0.370. The Balaban J connectivity index is 1.83. The molecule has 7 nitrogen and oxygen atoms in total. The topological polar surface area (TPSA) is 113 Å². The second kappa shape index (κ2) is 12.1. The molecule has 3 N–H and O–H groups in total. The van der Waals surface area contributed by atoms with E-state index in [1.165, 1.54) is 12.1 Å². The van der Waals surface area contributed by atoms with Crippen molar-refractivity contribution in [2.24, 2.45) is 5.41 Å². The van der Waals surface area contributed by atoms with E-state index in [0.717, 1.165) is 12.0 Å². The minimum Gasteiger partial charge on any atom is -0.481 e. The number of hydrogen-bond acceptors (Lipinski definition) is 5. The first-order valence-electron chi connectivity index (χ1n) is 11.8. The Morgan fingerprint density at radius 3 is 2.56 bits per heavy atom. The van der Waals surface area contributed by atoms with Gasteiger partial charge in [-0.05, 0) is 61.9 Å². The van der Waals surface area contributed by atoms with Crippen LogP contribution in [-0.4, -0.2) is 39.9 Å². The fourth-order valence-corrected chi connectivity index (χ4v) is 4.31. The van der Waals surface area contributed by atoms with Gasteiger partial charge < -0.3 is 20.1 Å². The highest BCUT2D eigenvalue weighted by molar-refractivity contribution is 6.30. The molecule has 0 radical (unpaired) electrons. The summed E-state index contributed by atoms with van der Waals surface area (Å²) in [7, 11) is 0. The number of aromatic nitrogens is 1. The van der Waals surface area contributed by atoms with E-state index >= 15 is 0 Å². The second-order valence-electron chi connectivity index (χ2n) is 9.17. The Hall–Kier alpha value is -3.23. The van der Waals surface area contributed by atoms with Gasteiger partial charge in [-0.2, -0.15) is 0 Å². The maximum Gasteiger partial charge on any atom is 0.309 e. The molecule has 0 bridgehead atoms. The third-order valence-electron chi connectivity index (χ3n) is 6.18. The monoisotopic (exact) mass is 516 g/mol. The standard InChI is InChI=1S/C27H30ClFN2O5/c1-3-4-20-15-24(36-31-20)25(33)30-21(16-27(2,11-12-32)26(34)35)13-17-5-7-18(8-6-17)22-14-19(28)9-10-23(22)29/h5-10,14-15,21,32H,3-4,11-13,16H2,1-2H3,(H,30,33)(H,34,35)/t21-,27?/m1/s1. The molecule has 0 saturated carbocycles. The van der Waals surface area contributed by atoms with E-state index in [0.29, 0.717) is 34.7 Å². The quantitative estimate of drug-likeness (QED) is 0.301. The van der Waals surface area contributed by atoms with Gasteiger partial charge in [-0.15, -0.1) is 0 Å². The molecule has 0 aliphatic carbocycles. The van der Waals surface area contributed by atoms with Crippen molar-refractivity contribution in [1.82, 2.24) is 10.5 Å². The number of nitrogens with zero attached hydrogens (tertiary/aromatic N) is 1. The lowest BCUT2D eigenvalue weighted by atomic mass is 9.79. The van der Waals surface area contributed by atoms with Gasteiger partial charge in [0.1, 0.15) is 5.82 Å². The first-order chi connectivity index (χ1) is 17.1. The van der Waals surface area contributed by atoms with Crippen LogP contribution in [0.5, 0.6) is 0 Å². The van der Waals surface area contributed by atoms with Gasteiger partial charge in [-0.1, -0.05) is 54.4 Å². The number of halogens is 2. The summed E-state index contributed by atoms with van der Waals surface area (Å²) >= 11 is 6.01. The number of benzene rings is 2. The van der Waals surface area contributed by atoms with Gasteiger partial charge in [0, 0.05) is 29.3 Å². The average Bonchev–Trinajstić information content (AvgIpc) is 3.30. The predicted octanol–water partition coefficient (Wildman–Crippen LogP) is 5.29. The number of amides is 1. The maximum atomic E-state index is 14.3. The van der Waals surface area contributed by atoms with Gasteiger partial charge in [-0.3, -0.25) is 9.59 Å². The van der Waals surface area contributed by atoms with Gasteiger partial charge in [0.25, 0.3) is 5.91 Å². The average molecular weight is 517 g/mol. The third kappa shape index (κ3) is 6.92. The smallest absolute Gasteiger partial charge is 0.309 e. The van der Waals surface area contributed by atoms with Gasteiger partial charge in [0.2, 0.25) is 5.76 Å². The zero-order chi connectivity index (χ0) is 26.3. The number of carboxylic acids is 1. The second-order valence-corrected chi connectivity index (χ2v) is 9.61. The molecule has 0 spiro atoms. The van der Waals surface area contributed by atoms with Crippen LogP contribution >= 0.6 is 11.6 Å². The number of carbonyl (C=O) groups excluding carboxylic acids is 1. The lowest BCUT2D eigenvalue weighted by molar-refractivity contribution is -0.149. The van der Waals surface area contributed by atoms with E-state index in [1.54, 1.807) is 43.3 Å². The Morgan fingerprint density at radius 1 is 1.19 bits per heavy atom. The molecule has 1 aromatic heterocycles. The van der Waals surface area contributed by atoms with Crippen LogP contribution in [0.4, 0.5) is 4.39 Å². The van der Waals surface area contributed by atoms with Crippen molar-refractivity contribution in [1.29, 1.82) is 0 Å². The van der Waals surface area contributed by atoms with Crippen LogP contribution in [0.25, 0.3) is 11.1 Å². The zero-order valence-electron chi connectivity index (χ0n) is 20.3. The molecule has 0 fully saturated rings. The molecule has 3 aromatic rings. The van der Waals surface area contributed by atoms with Gasteiger partial charge in [-0.25, -0.2) is 4.39 Å². The molecule has 0 aliphatic heterocycles. The summed E-state index contributed by atoms with van der Waals surface area (Å²) in [6.07, 6.45) is 1.95. The molecule has 2 atom stereocenters. The highest BCUT2D eigenvalue weighted by Crippen LogP contribution is 2.30. The Labute approximate surface area is 214 Å². The van der Waals surface area contributed by atoms with Crippen LogP contribution in [-0.2, 0) is 17.6 Å². The molecule has 192 valence electrons. The first-order valence-corrected chi connectivity index (χ1v) is 12.2. The minimum absolute atomic E-state index is 0.0324. The molecular formula is C27H30ClFN2O5. The van der Waals surface area contributed by atoms with E-state index < -0.39 is 29.2 Å². The van der Waals surface area contributed by atoms with Crippen molar-refractivity contribution in [3.8, 4) is 11.1 Å². The van der Waals surface area contributed by atoms with Crippen LogP contribution in [0.3, 0.4) is 0 Å². The van der Waals surface area contributed by atoms with E-state index in [2.05, 4.69) is 10.5 Å². The van der Waals surface area contributed by atoms with Crippen LogP contribution in [0.1, 0.15) is 54.9 Å². The maximum absolute atomic E-state index is 14.3. The largest absolute Gasteiger partial charge is 0.481 e. The Bertz CT molecular complexity index is 1200. The normalized spacial score (nSPS) is 13.7. The van der Waals surface area contributed by atoms with Gasteiger partial charge in [0.15, 0.2) is 0 Å². The van der Waals surface area contributed by atoms with E-state index in [1.807, 2.05) is 6.92 Å². The van der Waals surface area contributed by atoms with Crippen molar-refractivity contribution in [2.75, 3.05) is 6.61 Å². The third-order valence-corrected chi connectivity index (χ3v) is 6.41. The highest BCUT2D eigenvalue weighted by atomic mass is 35.5. The lowest BCUT2D eigenvalue weighted by Gasteiger charge is -2.29. The van der Waals surface area contributed by atoms with Gasteiger partial charge >= 0.3 is 5.97 Å². The van der Waals surface area contributed by atoms with Crippen LogP contribution < -0.4 is 5.32 Å². The zero-order valence-corrected chi connectivity index (χ0v) is 21.0. The summed E-state index contributed by atoms with van der Waals surface area (Å²) in [4.78, 5) is 24.9. The van der Waals surface area contributed by atoms with Gasteiger partial charge in [0.05, 0.1) is 11.1 Å². The molecule has 0 saturated heterocycles. The summed E-state index contributed by atoms with van der Waals surface area (Å²) in [5.74, 6) is -1.90. The van der Waals surface area contributed by atoms with E-state index in [4.69, 9.17) is 16.1 Å². The van der Waals surface area contributed by atoms with Crippen molar-refractivity contribution < 1.29 is 28.7 Å². The fourth-order valence-electron chi connectivity index (χ4n) is 4.13. The van der Waals surface area contributed by atoms with Crippen molar-refractivity contribution in [2.45, 2.75) is 52.0 Å². The SMILES string of the molecule is CCCc1cc(C(=O)N[C@H](Cc2ccc(-c3cc(Cl)ccc3F)cc2)CC(C)(CCO)C(=O)O)on1. The van der Waals surface area contributed by atoms with Crippen molar-refractivity contribution in [3.63, 3.8) is 0 Å². The number of carbonyl (C=O) groups is 2. The molecule has 3 rings (SSSR count). The number of aryl methyl sites for hydroxylation is 1. The molecule has 0 aliphatic rings. The number of hydrogen-bond donors (Lipinski definition) is 3. The Morgan fingerprint density at radius 2 is 1.92 bits per heavy atom.